The van der Waals surface area contributed by atoms with Gasteiger partial charge >= 0.3 is 6.03 Å². The summed E-state index contributed by atoms with van der Waals surface area (Å²) in [5, 5.41) is 3.56. The van der Waals surface area contributed by atoms with Gasteiger partial charge in [-0.25, -0.2) is 4.79 Å². The summed E-state index contributed by atoms with van der Waals surface area (Å²) >= 11 is 5.88. The smallest absolute Gasteiger partial charge is 0.325 e. The minimum Gasteiger partial charge on any atom is -0.348 e. The molecular weight excluding hydrogens is 338 g/mol. The van der Waals surface area contributed by atoms with Crippen LogP contribution in [0.2, 0.25) is 5.02 Å². The first-order valence-corrected chi connectivity index (χ1v) is 8.59. The maximum absolute atomic E-state index is 12.5. The van der Waals surface area contributed by atoms with Gasteiger partial charge in [0.15, 0.2) is 0 Å². The van der Waals surface area contributed by atoms with Crippen LogP contribution in [0.3, 0.4) is 0 Å². The molecule has 0 saturated carbocycles. The number of anilines is 1. The number of halogens is 1. The van der Waals surface area contributed by atoms with Gasteiger partial charge in [-0.05, 0) is 36.8 Å². The molecule has 1 saturated heterocycles. The first-order valence-electron chi connectivity index (χ1n) is 8.21. The molecule has 0 bridgehead atoms. The van der Waals surface area contributed by atoms with Crippen molar-refractivity contribution in [2.75, 3.05) is 24.5 Å². The number of carbonyl (C=O) groups is 2. The standard InChI is InChI=1S/C19H20ClN3O2/c1-14(15-5-3-2-4-6-15)21-18(24)13-22-11-12-23(19(22)25)17-9-7-16(20)8-10-17/h2-10,14H,11-13H2,1H3,(H,21,24). The van der Waals surface area contributed by atoms with Crippen LogP contribution in [-0.4, -0.2) is 36.5 Å². The molecule has 3 rings (SSSR count). The van der Waals surface area contributed by atoms with Crippen molar-refractivity contribution >= 4 is 29.2 Å². The van der Waals surface area contributed by atoms with E-state index >= 15 is 0 Å². The summed E-state index contributed by atoms with van der Waals surface area (Å²) in [4.78, 5) is 28.0. The third kappa shape index (κ3) is 4.12. The summed E-state index contributed by atoms with van der Waals surface area (Å²) in [6.07, 6.45) is 0. The number of nitrogens with zero attached hydrogens (tertiary/aromatic N) is 2. The van der Waals surface area contributed by atoms with Crippen molar-refractivity contribution in [2.45, 2.75) is 13.0 Å². The van der Waals surface area contributed by atoms with Gasteiger partial charge in [-0.3, -0.25) is 9.69 Å². The Morgan fingerprint density at radius 3 is 2.48 bits per heavy atom. The van der Waals surface area contributed by atoms with E-state index in [9.17, 15) is 9.59 Å². The van der Waals surface area contributed by atoms with Crippen LogP contribution in [0, 0.1) is 0 Å². The van der Waals surface area contributed by atoms with E-state index in [1.165, 1.54) is 0 Å². The molecule has 1 atom stereocenters. The van der Waals surface area contributed by atoms with Crippen LogP contribution < -0.4 is 10.2 Å². The number of benzene rings is 2. The number of nitrogens with one attached hydrogen (secondary N) is 1. The fourth-order valence-electron chi connectivity index (χ4n) is 2.88. The number of urea groups is 1. The van der Waals surface area contributed by atoms with E-state index in [0.717, 1.165) is 11.3 Å². The van der Waals surface area contributed by atoms with E-state index in [0.29, 0.717) is 18.1 Å². The molecule has 1 aliphatic rings. The number of carbonyl (C=O) groups excluding carboxylic acids is 2. The molecule has 1 heterocycles. The SMILES string of the molecule is CC(NC(=O)CN1CCN(c2ccc(Cl)cc2)C1=O)c1ccccc1. The highest BCUT2D eigenvalue weighted by Crippen LogP contribution is 2.22. The second-order valence-electron chi connectivity index (χ2n) is 6.03. The topological polar surface area (TPSA) is 52.7 Å². The van der Waals surface area contributed by atoms with E-state index in [4.69, 9.17) is 11.6 Å². The van der Waals surface area contributed by atoms with Crippen LogP contribution in [0.1, 0.15) is 18.5 Å². The summed E-state index contributed by atoms with van der Waals surface area (Å²) in [5.41, 5.74) is 1.82. The molecule has 1 unspecified atom stereocenters. The second-order valence-corrected chi connectivity index (χ2v) is 6.47. The predicted octanol–water partition coefficient (Wildman–Crippen LogP) is 3.46. The summed E-state index contributed by atoms with van der Waals surface area (Å²) in [6, 6.07) is 16.6. The molecule has 130 valence electrons. The van der Waals surface area contributed by atoms with Crippen molar-refractivity contribution in [3.8, 4) is 0 Å². The summed E-state index contributed by atoms with van der Waals surface area (Å²) in [6.45, 7) is 3.07. The lowest BCUT2D eigenvalue weighted by molar-refractivity contribution is -0.122. The second kappa shape index (κ2) is 7.57. The van der Waals surface area contributed by atoms with Gasteiger partial charge in [0.2, 0.25) is 5.91 Å². The van der Waals surface area contributed by atoms with Crippen molar-refractivity contribution in [3.63, 3.8) is 0 Å². The van der Waals surface area contributed by atoms with Gasteiger partial charge in [0.25, 0.3) is 0 Å². The van der Waals surface area contributed by atoms with Crippen LogP contribution in [0.4, 0.5) is 10.5 Å². The average molecular weight is 358 g/mol. The molecule has 6 heteroatoms. The number of rotatable bonds is 5. The maximum atomic E-state index is 12.5. The zero-order valence-electron chi connectivity index (χ0n) is 14.0. The molecular formula is C19H20ClN3O2. The van der Waals surface area contributed by atoms with Gasteiger partial charge < -0.3 is 10.2 Å². The largest absolute Gasteiger partial charge is 0.348 e. The number of amides is 3. The molecule has 1 N–H and O–H groups in total. The van der Waals surface area contributed by atoms with Crippen LogP contribution in [0.15, 0.2) is 54.6 Å². The molecule has 0 spiro atoms. The highest BCUT2D eigenvalue weighted by molar-refractivity contribution is 6.30. The molecule has 0 aromatic heterocycles. The van der Waals surface area contributed by atoms with Crippen LogP contribution in [0.5, 0.6) is 0 Å². The molecule has 3 amide bonds. The summed E-state index contributed by atoms with van der Waals surface area (Å²) < 4.78 is 0. The van der Waals surface area contributed by atoms with E-state index in [2.05, 4.69) is 5.32 Å². The molecule has 2 aromatic rings. The van der Waals surface area contributed by atoms with E-state index in [1.54, 1.807) is 34.1 Å². The van der Waals surface area contributed by atoms with E-state index in [1.807, 2.05) is 37.3 Å². The number of hydrogen-bond acceptors (Lipinski definition) is 2. The number of hydrogen-bond donors (Lipinski definition) is 1. The van der Waals surface area contributed by atoms with Crippen molar-refractivity contribution in [2.24, 2.45) is 0 Å². The van der Waals surface area contributed by atoms with Crippen molar-refractivity contribution in [1.29, 1.82) is 0 Å². The van der Waals surface area contributed by atoms with Gasteiger partial charge in [0, 0.05) is 23.8 Å². The molecule has 1 fully saturated rings. The zero-order chi connectivity index (χ0) is 17.8. The minimum atomic E-state index is -0.164. The lowest BCUT2D eigenvalue weighted by atomic mass is 10.1. The van der Waals surface area contributed by atoms with Crippen LogP contribution >= 0.6 is 11.6 Å². The van der Waals surface area contributed by atoms with Gasteiger partial charge in [0.05, 0.1) is 6.04 Å². The van der Waals surface area contributed by atoms with Crippen molar-refractivity contribution in [1.82, 2.24) is 10.2 Å². The quantitative estimate of drug-likeness (QED) is 0.891. The van der Waals surface area contributed by atoms with Gasteiger partial charge in [-0.1, -0.05) is 41.9 Å². The first kappa shape index (κ1) is 17.3. The fourth-order valence-corrected chi connectivity index (χ4v) is 3.00. The van der Waals surface area contributed by atoms with Gasteiger partial charge in [-0.2, -0.15) is 0 Å². The average Bonchev–Trinajstić information content (AvgIpc) is 2.97. The molecule has 25 heavy (non-hydrogen) atoms. The molecule has 0 aliphatic carbocycles. The highest BCUT2D eigenvalue weighted by atomic mass is 35.5. The molecule has 2 aromatic carbocycles. The van der Waals surface area contributed by atoms with E-state index in [-0.39, 0.29) is 24.5 Å². The van der Waals surface area contributed by atoms with Gasteiger partial charge in [0.1, 0.15) is 6.54 Å². The first-order chi connectivity index (χ1) is 12.0. The molecule has 0 radical (unpaired) electrons. The fraction of sp³-hybridized carbons (Fsp3) is 0.263. The van der Waals surface area contributed by atoms with Crippen LogP contribution in [-0.2, 0) is 4.79 Å². The zero-order valence-corrected chi connectivity index (χ0v) is 14.7. The van der Waals surface area contributed by atoms with Crippen LogP contribution in [0.25, 0.3) is 0 Å². The Kier molecular flexibility index (Phi) is 5.24. The lowest BCUT2D eigenvalue weighted by Gasteiger charge is -2.20. The summed E-state index contributed by atoms with van der Waals surface area (Å²) in [7, 11) is 0. The Bertz CT molecular complexity index is 749. The summed E-state index contributed by atoms with van der Waals surface area (Å²) in [5.74, 6) is -0.164. The molecule has 5 nitrogen and oxygen atoms in total. The third-order valence-electron chi connectivity index (χ3n) is 4.24. The van der Waals surface area contributed by atoms with E-state index < -0.39 is 0 Å². The predicted molar refractivity (Wildman–Crippen MR) is 98.8 cm³/mol. The van der Waals surface area contributed by atoms with Gasteiger partial charge in [-0.15, -0.1) is 0 Å². The normalized spacial score (nSPS) is 15.4. The third-order valence-corrected chi connectivity index (χ3v) is 4.50. The Labute approximate surface area is 152 Å². The Balaban J connectivity index is 1.57. The van der Waals surface area contributed by atoms with Crippen molar-refractivity contribution < 1.29 is 9.59 Å². The minimum absolute atomic E-state index is 0.0557. The Morgan fingerprint density at radius 1 is 1.12 bits per heavy atom. The monoisotopic (exact) mass is 357 g/mol. The lowest BCUT2D eigenvalue weighted by Crippen LogP contribution is -2.40. The Morgan fingerprint density at radius 2 is 1.80 bits per heavy atom. The highest BCUT2D eigenvalue weighted by Gasteiger charge is 2.31. The maximum Gasteiger partial charge on any atom is 0.325 e. The van der Waals surface area contributed by atoms with Crippen molar-refractivity contribution in [3.05, 3.63) is 65.2 Å². The molecule has 1 aliphatic heterocycles. The Hall–Kier alpha value is -2.53.